The maximum absolute atomic E-state index is 13.1. The lowest BCUT2D eigenvalue weighted by Crippen LogP contribution is -2.52. The summed E-state index contributed by atoms with van der Waals surface area (Å²) in [4.78, 5) is 27.9. The van der Waals surface area contributed by atoms with E-state index in [0.717, 1.165) is 42.1 Å². The number of rotatable bonds is 4. The van der Waals surface area contributed by atoms with Gasteiger partial charge in [-0.1, -0.05) is 24.4 Å². The van der Waals surface area contributed by atoms with Crippen LogP contribution < -0.4 is 0 Å². The highest BCUT2D eigenvalue weighted by Crippen LogP contribution is 2.38. The van der Waals surface area contributed by atoms with Crippen molar-refractivity contribution in [2.24, 2.45) is 11.8 Å². The maximum atomic E-state index is 13.1. The topological polar surface area (TPSA) is 78.0 Å². The first-order valence-corrected chi connectivity index (χ1v) is 12.3. The van der Waals surface area contributed by atoms with Gasteiger partial charge in [0.1, 0.15) is 0 Å². The van der Waals surface area contributed by atoms with Crippen molar-refractivity contribution < 1.29 is 31.2 Å². The summed E-state index contributed by atoms with van der Waals surface area (Å²) in [7, 11) is -4.15. The maximum Gasteiger partial charge on any atom is 0.417 e. The molecule has 2 heterocycles. The quantitative estimate of drug-likeness (QED) is 0.603. The molecule has 0 spiro atoms. The summed E-state index contributed by atoms with van der Waals surface area (Å²) in [6.07, 6.45) is -1.46. The van der Waals surface area contributed by atoms with Crippen LogP contribution >= 0.6 is 11.6 Å². The molecule has 1 aliphatic carbocycles. The van der Waals surface area contributed by atoms with E-state index in [4.69, 9.17) is 11.6 Å². The second-order valence-electron chi connectivity index (χ2n) is 8.40. The number of fused-ring (bicyclic) bond motifs is 1. The Morgan fingerprint density at radius 3 is 2.06 bits per heavy atom. The molecule has 0 radical (unpaired) electrons. The molecule has 0 N–H and O–H groups in total. The summed E-state index contributed by atoms with van der Waals surface area (Å²) in [5.74, 6) is -0.803. The van der Waals surface area contributed by atoms with Crippen molar-refractivity contribution in [1.29, 1.82) is 0 Å². The molecule has 4 rings (SSSR count). The number of sulfonamides is 1. The zero-order valence-electron chi connectivity index (χ0n) is 17.1. The van der Waals surface area contributed by atoms with E-state index < -0.39 is 31.7 Å². The van der Waals surface area contributed by atoms with E-state index in [-0.39, 0.29) is 56.5 Å². The lowest BCUT2D eigenvalue weighted by Gasteiger charge is -2.35. The molecule has 2 amide bonds. The minimum Gasteiger partial charge on any atom is -0.283 e. The lowest BCUT2D eigenvalue weighted by molar-refractivity contribution is -0.143. The van der Waals surface area contributed by atoms with Crippen molar-refractivity contribution in [3.05, 3.63) is 28.8 Å². The molecule has 3 fully saturated rings. The fourth-order valence-corrected chi connectivity index (χ4v) is 6.39. The zero-order valence-corrected chi connectivity index (χ0v) is 18.7. The van der Waals surface area contributed by atoms with Crippen molar-refractivity contribution in [3.8, 4) is 0 Å². The number of halogens is 4. The van der Waals surface area contributed by atoms with Gasteiger partial charge in [-0.05, 0) is 31.0 Å². The SMILES string of the molecule is O=C1[C@H]2CCCC[C@@H]2C(=O)N1CN1CCN(S(=O)(=O)c2ccc(Cl)c(C(F)(F)F)c2)CC1. The van der Waals surface area contributed by atoms with Gasteiger partial charge in [0.25, 0.3) is 0 Å². The van der Waals surface area contributed by atoms with Gasteiger partial charge in [-0.3, -0.25) is 19.4 Å². The molecule has 2 saturated heterocycles. The highest BCUT2D eigenvalue weighted by molar-refractivity contribution is 7.89. The normalized spacial score (nSPS) is 25.9. The molecule has 1 saturated carbocycles. The average Bonchev–Trinajstić information content (AvgIpc) is 2.98. The number of hydrogen-bond acceptors (Lipinski definition) is 5. The molecule has 0 aromatic heterocycles. The number of piperazine rings is 1. The van der Waals surface area contributed by atoms with E-state index in [9.17, 15) is 31.2 Å². The molecule has 0 unspecified atom stereocenters. The Kier molecular flexibility index (Phi) is 6.30. The standard InChI is InChI=1S/C20H23ClF3N3O4S/c21-17-6-5-13(11-16(17)20(22,23)24)32(30,31)26-9-7-25(8-10-26)12-27-18(28)14-3-1-2-4-15(14)19(27)29/h5-6,11,14-15H,1-4,7-10,12H2/t14-,15-/m0/s1. The average molecular weight is 494 g/mol. The van der Waals surface area contributed by atoms with E-state index in [0.29, 0.717) is 6.07 Å². The van der Waals surface area contributed by atoms with Gasteiger partial charge in [-0.15, -0.1) is 0 Å². The number of hydrogen-bond donors (Lipinski definition) is 0. The van der Waals surface area contributed by atoms with Crippen LogP contribution in [0, 0.1) is 11.8 Å². The molecule has 12 heteroatoms. The Balaban J connectivity index is 1.41. The first-order chi connectivity index (χ1) is 15.0. The Hall–Kier alpha value is -1.69. The third-order valence-corrected chi connectivity index (χ3v) is 8.71. The summed E-state index contributed by atoms with van der Waals surface area (Å²) in [5.41, 5.74) is -1.20. The lowest BCUT2D eigenvalue weighted by atomic mass is 9.81. The molecule has 1 aromatic rings. The van der Waals surface area contributed by atoms with Gasteiger partial charge >= 0.3 is 6.18 Å². The summed E-state index contributed by atoms with van der Waals surface area (Å²) in [5, 5.41) is -0.568. The Morgan fingerprint density at radius 1 is 0.969 bits per heavy atom. The first-order valence-electron chi connectivity index (χ1n) is 10.4. The van der Waals surface area contributed by atoms with E-state index in [1.807, 2.05) is 4.90 Å². The number of carbonyl (C=O) groups excluding carboxylic acids is 2. The number of likely N-dealkylation sites (tertiary alicyclic amines) is 1. The van der Waals surface area contributed by atoms with Crippen LogP contribution in [0.25, 0.3) is 0 Å². The van der Waals surface area contributed by atoms with Crippen molar-refractivity contribution in [2.75, 3.05) is 32.8 Å². The van der Waals surface area contributed by atoms with Crippen LogP contribution in [0.3, 0.4) is 0 Å². The molecular weight excluding hydrogens is 471 g/mol. The summed E-state index contributed by atoms with van der Waals surface area (Å²) >= 11 is 5.59. The van der Waals surface area contributed by atoms with E-state index in [1.54, 1.807) is 0 Å². The molecule has 3 aliphatic rings. The third kappa shape index (κ3) is 4.27. The number of alkyl halides is 3. The number of nitrogens with zero attached hydrogens (tertiary/aromatic N) is 3. The van der Waals surface area contributed by atoms with Gasteiger partial charge in [-0.2, -0.15) is 17.5 Å². The minimum atomic E-state index is -4.77. The highest BCUT2D eigenvalue weighted by atomic mass is 35.5. The predicted octanol–water partition coefficient (Wildman–Crippen LogP) is 2.80. The summed E-state index contributed by atoms with van der Waals surface area (Å²) < 4.78 is 66.2. The molecule has 32 heavy (non-hydrogen) atoms. The fourth-order valence-electron chi connectivity index (χ4n) is 4.71. The molecule has 0 bridgehead atoms. The van der Waals surface area contributed by atoms with Gasteiger partial charge in [0.15, 0.2) is 0 Å². The first kappa shape index (κ1) is 23.5. The summed E-state index contributed by atoms with van der Waals surface area (Å²) in [6, 6.07) is 2.54. The van der Waals surface area contributed by atoms with Gasteiger partial charge in [0, 0.05) is 26.2 Å². The second kappa shape index (κ2) is 8.58. The second-order valence-corrected chi connectivity index (χ2v) is 10.8. The Labute approximate surface area is 189 Å². The number of benzene rings is 1. The van der Waals surface area contributed by atoms with Crippen LogP contribution in [-0.2, 0) is 25.8 Å². The number of amides is 2. The van der Waals surface area contributed by atoms with Crippen molar-refractivity contribution >= 4 is 33.4 Å². The number of imide groups is 1. The van der Waals surface area contributed by atoms with Gasteiger partial charge < -0.3 is 0 Å². The monoisotopic (exact) mass is 493 g/mol. The van der Waals surface area contributed by atoms with Gasteiger partial charge in [0.2, 0.25) is 21.8 Å². The van der Waals surface area contributed by atoms with E-state index in [1.165, 1.54) is 4.90 Å². The largest absolute Gasteiger partial charge is 0.417 e. The van der Waals surface area contributed by atoms with E-state index >= 15 is 0 Å². The molecule has 2 aliphatic heterocycles. The zero-order chi connectivity index (χ0) is 23.3. The van der Waals surface area contributed by atoms with Crippen LogP contribution in [0.15, 0.2) is 23.1 Å². The minimum absolute atomic E-state index is 0.0371. The summed E-state index contributed by atoms with van der Waals surface area (Å²) in [6.45, 7) is 0.694. The van der Waals surface area contributed by atoms with Crippen LogP contribution in [0.1, 0.15) is 31.2 Å². The van der Waals surface area contributed by atoms with Gasteiger partial charge in [-0.25, -0.2) is 8.42 Å². The van der Waals surface area contributed by atoms with Crippen LogP contribution in [0.4, 0.5) is 13.2 Å². The highest BCUT2D eigenvalue weighted by Gasteiger charge is 2.48. The Morgan fingerprint density at radius 2 is 1.53 bits per heavy atom. The van der Waals surface area contributed by atoms with Crippen LogP contribution in [0.2, 0.25) is 5.02 Å². The third-order valence-electron chi connectivity index (χ3n) is 6.49. The number of carbonyl (C=O) groups is 2. The molecule has 7 nitrogen and oxygen atoms in total. The smallest absolute Gasteiger partial charge is 0.283 e. The molecular formula is C20H23ClF3N3O4S. The van der Waals surface area contributed by atoms with Gasteiger partial charge in [0.05, 0.1) is 34.0 Å². The van der Waals surface area contributed by atoms with Crippen LogP contribution in [-0.4, -0.2) is 67.2 Å². The fraction of sp³-hybridized carbons (Fsp3) is 0.600. The van der Waals surface area contributed by atoms with E-state index in [2.05, 4.69) is 0 Å². The molecule has 176 valence electrons. The predicted molar refractivity (Wildman–Crippen MR) is 109 cm³/mol. The van der Waals surface area contributed by atoms with Crippen molar-refractivity contribution in [3.63, 3.8) is 0 Å². The molecule has 1 aromatic carbocycles. The molecule has 2 atom stereocenters. The van der Waals surface area contributed by atoms with Crippen LogP contribution in [0.5, 0.6) is 0 Å². The van der Waals surface area contributed by atoms with Crippen molar-refractivity contribution in [2.45, 2.75) is 36.8 Å². The van der Waals surface area contributed by atoms with Crippen molar-refractivity contribution in [1.82, 2.24) is 14.1 Å². The Bertz CT molecular complexity index is 1000.